The van der Waals surface area contributed by atoms with E-state index in [0.29, 0.717) is 13.2 Å². The molecule has 6 nitrogen and oxygen atoms in total. The molecule has 0 spiro atoms. The largest absolute Gasteiger partial charge is 0.375 e. The quantitative estimate of drug-likeness (QED) is 0.837. The number of hydrogen-bond acceptors (Lipinski definition) is 4. The zero-order valence-corrected chi connectivity index (χ0v) is 10.5. The average Bonchev–Trinajstić information content (AvgIpc) is 2.76. The number of ether oxygens (including phenoxy) is 1. The van der Waals surface area contributed by atoms with E-state index in [0.717, 1.165) is 4.68 Å². The SMILES string of the molecule is C[C@H]1OCCN[C@@H]1C(=O)Nc1ccn(CC(F)F)n1. The van der Waals surface area contributed by atoms with Crippen molar-refractivity contribution in [2.45, 2.75) is 32.0 Å². The number of carbonyl (C=O) groups excluding carboxylic acids is 1. The maximum Gasteiger partial charge on any atom is 0.257 e. The summed E-state index contributed by atoms with van der Waals surface area (Å²) in [5, 5.41) is 9.46. The van der Waals surface area contributed by atoms with Gasteiger partial charge in [0.05, 0.1) is 12.7 Å². The van der Waals surface area contributed by atoms with E-state index in [1.54, 1.807) is 6.92 Å². The van der Waals surface area contributed by atoms with E-state index in [1.165, 1.54) is 12.3 Å². The second-order valence-corrected chi connectivity index (χ2v) is 4.31. The number of nitrogens with zero attached hydrogens (tertiary/aromatic N) is 2. The topological polar surface area (TPSA) is 68.2 Å². The minimum Gasteiger partial charge on any atom is -0.375 e. The smallest absolute Gasteiger partial charge is 0.257 e. The summed E-state index contributed by atoms with van der Waals surface area (Å²) in [7, 11) is 0. The molecule has 8 heteroatoms. The van der Waals surface area contributed by atoms with Crippen LogP contribution in [0.15, 0.2) is 12.3 Å². The van der Waals surface area contributed by atoms with Crippen LogP contribution in [0.3, 0.4) is 0 Å². The van der Waals surface area contributed by atoms with Crippen molar-refractivity contribution in [3.05, 3.63) is 12.3 Å². The molecule has 2 atom stereocenters. The molecule has 2 N–H and O–H groups in total. The number of aromatic nitrogens is 2. The molecule has 1 fully saturated rings. The Labute approximate surface area is 109 Å². The molecule has 1 aromatic heterocycles. The van der Waals surface area contributed by atoms with Crippen molar-refractivity contribution in [3.63, 3.8) is 0 Å². The fraction of sp³-hybridized carbons (Fsp3) is 0.636. The summed E-state index contributed by atoms with van der Waals surface area (Å²) >= 11 is 0. The number of morpholine rings is 1. The fourth-order valence-electron chi connectivity index (χ4n) is 1.90. The molecule has 1 amide bonds. The van der Waals surface area contributed by atoms with Crippen molar-refractivity contribution >= 4 is 11.7 Å². The molecule has 1 aromatic rings. The Morgan fingerprint density at radius 3 is 3.21 bits per heavy atom. The molecule has 1 aliphatic rings. The summed E-state index contributed by atoms with van der Waals surface area (Å²) in [6, 6.07) is 1.02. The fourth-order valence-corrected chi connectivity index (χ4v) is 1.90. The zero-order valence-electron chi connectivity index (χ0n) is 10.5. The Bertz CT molecular complexity index is 438. The molecule has 0 aromatic carbocycles. The van der Waals surface area contributed by atoms with Crippen LogP contribution in [0.1, 0.15) is 6.92 Å². The highest BCUT2D eigenvalue weighted by Crippen LogP contribution is 2.09. The van der Waals surface area contributed by atoms with Crippen LogP contribution in [-0.4, -0.2) is 47.4 Å². The predicted octanol–water partition coefficient (Wildman–Crippen LogP) is 0.464. The molecule has 2 rings (SSSR count). The maximum atomic E-state index is 12.2. The van der Waals surface area contributed by atoms with Gasteiger partial charge in [0.25, 0.3) is 6.43 Å². The van der Waals surface area contributed by atoms with Crippen molar-refractivity contribution in [3.8, 4) is 0 Å². The first-order valence-electron chi connectivity index (χ1n) is 6.03. The first kappa shape index (κ1) is 13.9. The molecule has 2 heterocycles. The predicted molar refractivity (Wildman–Crippen MR) is 64.1 cm³/mol. The number of nitrogens with one attached hydrogen (secondary N) is 2. The van der Waals surface area contributed by atoms with Crippen molar-refractivity contribution in [2.24, 2.45) is 0 Å². The van der Waals surface area contributed by atoms with Crippen molar-refractivity contribution < 1.29 is 18.3 Å². The first-order valence-corrected chi connectivity index (χ1v) is 6.03. The van der Waals surface area contributed by atoms with Crippen molar-refractivity contribution in [1.29, 1.82) is 0 Å². The Kier molecular flexibility index (Phi) is 4.43. The molecule has 0 radical (unpaired) electrons. The number of anilines is 1. The van der Waals surface area contributed by atoms with Crippen LogP contribution < -0.4 is 10.6 Å². The van der Waals surface area contributed by atoms with Gasteiger partial charge >= 0.3 is 0 Å². The van der Waals surface area contributed by atoms with Gasteiger partial charge in [-0.2, -0.15) is 5.10 Å². The van der Waals surface area contributed by atoms with E-state index in [-0.39, 0.29) is 17.8 Å². The summed E-state index contributed by atoms with van der Waals surface area (Å²) in [6.45, 7) is 2.47. The van der Waals surface area contributed by atoms with E-state index in [1.807, 2.05) is 0 Å². The molecule has 19 heavy (non-hydrogen) atoms. The third-order valence-corrected chi connectivity index (χ3v) is 2.82. The second kappa shape index (κ2) is 6.07. The van der Waals surface area contributed by atoms with E-state index in [4.69, 9.17) is 4.74 Å². The highest BCUT2D eigenvalue weighted by molar-refractivity contribution is 5.94. The number of alkyl halides is 2. The third kappa shape index (κ3) is 3.71. The van der Waals surface area contributed by atoms with Gasteiger partial charge in [0.1, 0.15) is 12.6 Å². The van der Waals surface area contributed by atoms with Gasteiger partial charge in [-0.25, -0.2) is 8.78 Å². The highest BCUT2D eigenvalue weighted by Gasteiger charge is 2.28. The van der Waals surface area contributed by atoms with Gasteiger partial charge in [-0.3, -0.25) is 9.48 Å². The summed E-state index contributed by atoms with van der Waals surface area (Å²) in [6.07, 6.45) is -1.32. The number of hydrogen-bond donors (Lipinski definition) is 2. The van der Waals surface area contributed by atoms with Gasteiger partial charge in [-0.1, -0.05) is 0 Å². The normalized spacial score (nSPS) is 23.6. The van der Waals surface area contributed by atoms with Gasteiger partial charge in [-0.05, 0) is 6.92 Å². The van der Waals surface area contributed by atoms with Gasteiger partial charge in [-0.15, -0.1) is 0 Å². The van der Waals surface area contributed by atoms with Gasteiger partial charge in [0.15, 0.2) is 5.82 Å². The number of rotatable bonds is 4. The molecule has 106 valence electrons. The Morgan fingerprint density at radius 1 is 1.74 bits per heavy atom. The average molecular weight is 274 g/mol. The molecule has 1 saturated heterocycles. The zero-order chi connectivity index (χ0) is 13.8. The van der Waals surface area contributed by atoms with Crippen molar-refractivity contribution in [2.75, 3.05) is 18.5 Å². The number of amides is 1. The lowest BCUT2D eigenvalue weighted by atomic mass is 10.1. The van der Waals surface area contributed by atoms with E-state index >= 15 is 0 Å². The maximum absolute atomic E-state index is 12.2. The van der Waals surface area contributed by atoms with Crippen LogP contribution in [0.25, 0.3) is 0 Å². The molecule has 0 unspecified atom stereocenters. The molecule has 0 bridgehead atoms. The Balaban J connectivity index is 1.92. The minimum absolute atomic E-state index is 0.239. The molecule has 1 aliphatic heterocycles. The van der Waals surface area contributed by atoms with Gasteiger partial charge in [0.2, 0.25) is 5.91 Å². The van der Waals surface area contributed by atoms with Crippen LogP contribution in [-0.2, 0) is 16.1 Å². The van der Waals surface area contributed by atoms with Crippen LogP contribution in [0.5, 0.6) is 0 Å². The lowest BCUT2D eigenvalue weighted by Gasteiger charge is -2.28. The van der Waals surface area contributed by atoms with Crippen LogP contribution >= 0.6 is 0 Å². The monoisotopic (exact) mass is 274 g/mol. The van der Waals surface area contributed by atoms with Crippen LogP contribution in [0.4, 0.5) is 14.6 Å². The molecule has 0 saturated carbocycles. The van der Waals surface area contributed by atoms with E-state index < -0.39 is 19.0 Å². The Morgan fingerprint density at radius 2 is 2.53 bits per heavy atom. The molecule has 0 aliphatic carbocycles. The van der Waals surface area contributed by atoms with Crippen LogP contribution in [0.2, 0.25) is 0 Å². The number of halogens is 2. The molecular weight excluding hydrogens is 258 g/mol. The highest BCUT2D eigenvalue weighted by atomic mass is 19.3. The standard InChI is InChI=1S/C11H16F2N4O2/c1-7-10(14-3-5-19-7)11(18)15-9-2-4-17(16-9)6-8(12)13/h2,4,7-8,10,14H,3,5-6H2,1H3,(H,15,16,18)/t7-,10+/m1/s1. The van der Waals surface area contributed by atoms with E-state index in [9.17, 15) is 13.6 Å². The molecular formula is C11H16F2N4O2. The summed E-state index contributed by atoms with van der Waals surface area (Å²) in [5.41, 5.74) is 0. The van der Waals surface area contributed by atoms with Gasteiger partial charge < -0.3 is 15.4 Å². The van der Waals surface area contributed by atoms with Crippen LogP contribution in [0, 0.1) is 0 Å². The summed E-state index contributed by atoms with van der Waals surface area (Å²) in [5.74, 6) is -0.0280. The third-order valence-electron chi connectivity index (χ3n) is 2.82. The lowest BCUT2D eigenvalue weighted by molar-refractivity contribution is -0.123. The van der Waals surface area contributed by atoms with Crippen molar-refractivity contribution in [1.82, 2.24) is 15.1 Å². The summed E-state index contributed by atoms with van der Waals surface area (Å²) < 4.78 is 30.8. The number of carbonyl (C=O) groups is 1. The van der Waals surface area contributed by atoms with Gasteiger partial charge in [0, 0.05) is 18.8 Å². The summed E-state index contributed by atoms with van der Waals surface area (Å²) in [4.78, 5) is 12.0. The first-order chi connectivity index (χ1) is 9.06. The lowest BCUT2D eigenvalue weighted by Crippen LogP contribution is -2.53. The Hall–Kier alpha value is -1.54. The second-order valence-electron chi connectivity index (χ2n) is 4.31. The minimum atomic E-state index is -2.48. The van der Waals surface area contributed by atoms with E-state index in [2.05, 4.69) is 15.7 Å².